The lowest BCUT2D eigenvalue weighted by Gasteiger charge is -2.08. The van der Waals surface area contributed by atoms with Crippen molar-refractivity contribution in [1.82, 2.24) is 4.72 Å². The molecule has 0 fully saturated rings. The van der Waals surface area contributed by atoms with Crippen molar-refractivity contribution in [1.29, 1.82) is 0 Å². The third kappa shape index (κ3) is 3.08. The molecule has 23 heavy (non-hydrogen) atoms. The summed E-state index contributed by atoms with van der Waals surface area (Å²) in [6, 6.07) is 8.43. The molecule has 7 heteroatoms. The summed E-state index contributed by atoms with van der Waals surface area (Å²) >= 11 is 1.49. The zero-order valence-electron chi connectivity index (χ0n) is 12.7. The topological polar surface area (TPSA) is 75.3 Å². The van der Waals surface area contributed by atoms with Crippen molar-refractivity contribution in [3.05, 3.63) is 51.7 Å². The van der Waals surface area contributed by atoms with Gasteiger partial charge in [-0.1, -0.05) is 11.6 Å². The van der Waals surface area contributed by atoms with Crippen molar-refractivity contribution in [2.24, 2.45) is 0 Å². The third-order valence-corrected chi connectivity index (χ3v) is 5.84. The Morgan fingerprint density at radius 3 is 2.70 bits per heavy atom. The molecule has 1 aromatic heterocycles. The largest absolute Gasteiger partial charge is 0.321 e. The minimum absolute atomic E-state index is 0.156. The summed E-state index contributed by atoms with van der Waals surface area (Å²) in [7, 11) is -3.63. The molecule has 0 saturated heterocycles. The van der Waals surface area contributed by atoms with Gasteiger partial charge in [0.15, 0.2) is 0 Å². The average molecular weight is 348 g/mol. The molecule has 2 aromatic rings. The van der Waals surface area contributed by atoms with Crippen LogP contribution in [-0.4, -0.2) is 14.3 Å². The molecule has 1 aliphatic heterocycles. The number of hydrogen-bond donors (Lipinski definition) is 2. The van der Waals surface area contributed by atoms with Crippen LogP contribution < -0.4 is 10.0 Å². The molecule has 1 aromatic carbocycles. The van der Waals surface area contributed by atoms with E-state index in [9.17, 15) is 13.2 Å². The molecule has 0 saturated carbocycles. The molecule has 2 heterocycles. The summed E-state index contributed by atoms with van der Waals surface area (Å²) in [5.74, 6) is -0.193. The van der Waals surface area contributed by atoms with Gasteiger partial charge in [-0.2, -0.15) is 0 Å². The molecule has 5 nitrogen and oxygen atoms in total. The van der Waals surface area contributed by atoms with Gasteiger partial charge in [-0.05, 0) is 43.5 Å². The first-order chi connectivity index (χ1) is 10.9. The maximum absolute atomic E-state index is 12.5. The first-order valence-corrected chi connectivity index (χ1v) is 9.40. The van der Waals surface area contributed by atoms with E-state index >= 15 is 0 Å². The maximum Gasteiger partial charge on any atom is 0.256 e. The third-order valence-electron chi connectivity index (χ3n) is 3.56. The number of thiophene rings is 1. The quantitative estimate of drug-likeness (QED) is 0.834. The van der Waals surface area contributed by atoms with Gasteiger partial charge >= 0.3 is 0 Å². The van der Waals surface area contributed by atoms with E-state index < -0.39 is 10.0 Å². The van der Waals surface area contributed by atoms with E-state index in [0.29, 0.717) is 16.8 Å². The molecule has 1 amide bonds. The molecule has 1 aliphatic rings. The Hall–Kier alpha value is -1.96. The number of sulfonamides is 1. The van der Waals surface area contributed by atoms with Crippen LogP contribution in [0.3, 0.4) is 0 Å². The number of hydrogen-bond acceptors (Lipinski definition) is 4. The number of amides is 1. The predicted octanol–water partition coefficient (Wildman–Crippen LogP) is 2.97. The van der Waals surface area contributed by atoms with Crippen molar-refractivity contribution < 1.29 is 13.2 Å². The Kier molecular flexibility index (Phi) is 4.09. The minimum atomic E-state index is -3.63. The summed E-state index contributed by atoms with van der Waals surface area (Å²) in [5.41, 5.74) is 2.66. The number of nitrogens with one attached hydrogen (secondary N) is 2. The summed E-state index contributed by atoms with van der Waals surface area (Å²) < 4.78 is 27.5. The van der Waals surface area contributed by atoms with Crippen LogP contribution in [0, 0.1) is 0 Å². The normalized spacial score (nSPS) is 13.8. The van der Waals surface area contributed by atoms with Gasteiger partial charge in [0.2, 0.25) is 10.0 Å². The lowest BCUT2D eigenvalue weighted by molar-refractivity contribution is -0.110. The zero-order chi connectivity index (χ0) is 16.6. The van der Waals surface area contributed by atoms with Crippen LogP contribution in [0.1, 0.15) is 24.3 Å². The van der Waals surface area contributed by atoms with Crippen molar-refractivity contribution in [2.75, 3.05) is 5.32 Å². The van der Waals surface area contributed by atoms with Crippen LogP contribution in [0.25, 0.3) is 5.57 Å². The van der Waals surface area contributed by atoms with E-state index in [1.807, 2.05) is 31.4 Å². The fourth-order valence-electron chi connectivity index (χ4n) is 2.47. The van der Waals surface area contributed by atoms with Gasteiger partial charge in [0, 0.05) is 28.2 Å². The number of anilines is 1. The van der Waals surface area contributed by atoms with Gasteiger partial charge in [-0.15, -0.1) is 11.3 Å². The van der Waals surface area contributed by atoms with Crippen LogP contribution in [0.2, 0.25) is 0 Å². The van der Waals surface area contributed by atoms with Crippen LogP contribution in [-0.2, 0) is 21.4 Å². The SMILES string of the molecule is CC(C)=C1C(=O)Nc2ccc(S(=O)(=O)NCc3cccs3)cc21. The van der Waals surface area contributed by atoms with Crippen LogP contribution >= 0.6 is 11.3 Å². The maximum atomic E-state index is 12.5. The van der Waals surface area contributed by atoms with Crippen molar-refractivity contribution in [3.8, 4) is 0 Å². The zero-order valence-corrected chi connectivity index (χ0v) is 14.3. The summed E-state index contributed by atoms with van der Waals surface area (Å²) in [4.78, 5) is 13.1. The van der Waals surface area contributed by atoms with Crippen molar-refractivity contribution in [2.45, 2.75) is 25.3 Å². The predicted molar refractivity (Wildman–Crippen MR) is 91.7 cm³/mol. The second kappa shape index (κ2) is 5.92. The van der Waals surface area contributed by atoms with E-state index in [2.05, 4.69) is 10.0 Å². The van der Waals surface area contributed by atoms with E-state index in [4.69, 9.17) is 0 Å². The number of carbonyl (C=O) groups excluding carboxylic acids is 1. The second-order valence-corrected chi connectivity index (χ2v) is 8.24. The van der Waals surface area contributed by atoms with Gasteiger partial charge in [0.25, 0.3) is 5.91 Å². The van der Waals surface area contributed by atoms with Crippen LogP contribution in [0.5, 0.6) is 0 Å². The van der Waals surface area contributed by atoms with Gasteiger partial charge in [-0.25, -0.2) is 13.1 Å². The molecule has 0 spiro atoms. The van der Waals surface area contributed by atoms with Gasteiger partial charge < -0.3 is 5.32 Å². The van der Waals surface area contributed by atoms with Crippen LogP contribution in [0.4, 0.5) is 5.69 Å². The minimum Gasteiger partial charge on any atom is -0.321 e. The molecule has 120 valence electrons. The monoisotopic (exact) mass is 348 g/mol. The molecule has 2 N–H and O–H groups in total. The standard InChI is InChI=1S/C16H16N2O3S2/c1-10(2)15-13-8-12(5-6-14(13)18-16(15)19)23(20,21)17-9-11-4-3-7-22-11/h3-8,17H,9H2,1-2H3,(H,18,19). The van der Waals surface area contributed by atoms with Crippen molar-refractivity contribution >= 4 is 38.5 Å². The number of allylic oxidation sites excluding steroid dienone is 1. The van der Waals surface area contributed by atoms with Gasteiger partial charge in [0.1, 0.15) is 0 Å². The summed E-state index contributed by atoms with van der Waals surface area (Å²) in [6.45, 7) is 3.92. The van der Waals surface area contributed by atoms with E-state index in [1.165, 1.54) is 17.4 Å². The van der Waals surface area contributed by atoms with E-state index in [0.717, 1.165) is 10.5 Å². The Bertz CT molecular complexity index is 893. The number of carbonyl (C=O) groups is 1. The summed E-state index contributed by atoms with van der Waals surface area (Å²) in [5, 5.41) is 4.65. The summed E-state index contributed by atoms with van der Waals surface area (Å²) in [6.07, 6.45) is 0. The average Bonchev–Trinajstić information content (AvgIpc) is 3.10. The van der Waals surface area contributed by atoms with E-state index in [1.54, 1.807) is 12.1 Å². The Labute approximate surface area is 139 Å². The Balaban J connectivity index is 1.93. The molecule has 0 aliphatic carbocycles. The number of fused-ring (bicyclic) bond motifs is 1. The molecular weight excluding hydrogens is 332 g/mol. The Morgan fingerprint density at radius 1 is 1.26 bits per heavy atom. The van der Waals surface area contributed by atoms with Gasteiger partial charge in [-0.3, -0.25) is 4.79 Å². The first-order valence-electron chi connectivity index (χ1n) is 7.04. The number of benzene rings is 1. The smallest absolute Gasteiger partial charge is 0.256 e. The number of rotatable bonds is 4. The fourth-order valence-corrected chi connectivity index (χ4v) is 4.24. The molecule has 0 atom stereocenters. The van der Waals surface area contributed by atoms with Crippen molar-refractivity contribution in [3.63, 3.8) is 0 Å². The second-order valence-electron chi connectivity index (χ2n) is 5.44. The molecule has 0 unspecified atom stereocenters. The first kappa shape index (κ1) is 15.9. The Morgan fingerprint density at radius 2 is 2.04 bits per heavy atom. The molecule has 3 rings (SSSR count). The molecule has 0 radical (unpaired) electrons. The van der Waals surface area contributed by atoms with Crippen LogP contribution in [0.15, 0.2) is 46.2 Å². The lowest BCUT2D eigenvalue weighted by Crippen LogP contribution is -2.22. The highest BCUT2D eigenvalue weighted by atomic mass is 32.2. The molecular formula is C16H16N2O3S2. The van der Waals surface area contributed by atoms with E-state index in [-0.39, 0.29) is 17.3 Å². The highest BCUT2D eigenvalue weighted by Crippen LogP contribution is 2.35. The highest BCUT2D eigenvalue weighted by Gasteiger charge is 2.27. The molecule has 0 bridgehead atoms. The van der Waals surface area contributed by atoms with Gasteiger partial charge in [0.05, 0.1) is 4.90 Å². The fraction of sp³-hybridized carbons (Fsp3) is 0.188. The lowest BCUT2D eigenvalue weighted by atomic mass is 10.0. The highest BCUT2D eigenvalue weighted by molar-refractivity contribution is 7.89.